The summed E-state index contributed by atoms with van der Waals surface area (Å²) < 4.78 is 5.67. The Hall–Kier alpha value is -1.42. The van der Waals surface area contributed by atoms with Gasteiger partial charge in [0.25, 0.3) is 0 Å². The third-order valence-corrected chi connectivity index (χ3v) is 3.14. The summed E-state index contributed by atoms with van der Waals surface area (Å²) in [4.78, 5) is 4.55. The summed E-state index contributed by atoms with van der Waals surface area (Å²) >= 11 is 6.13. The molecule has 1 aliphatic heterocycles. The number of halogens is 1. The van der Waals surface area contributed by atoms with Crippen LogP contribution in [0.4, 0.5) is 0 Å². The second-order valence-electron chi connectivity index (χ2n) is 4.38. The summed E-state index contributed by atoms with van der Waals surface area (Å²) in [5.41, 5.74) is 2.24. The number of aliphatic imine (C=N–C) groups is 1. The third-order valence-electron chi connectivity index (χ3n) is 2.92. The molecule has 104 valence electrons. The van der Waals surface area contributed by atoms with Crippen molar-refractivity contribution in [1.29, 1.82) is 0 Å². The van der Waals surface area contributed by atoms with Crippen molar-refractivity contribution < 1.29 is 4.74 Å². The quantitative estimate of drug-likeness (QED) is 0.658. The van der Waals surface area contributed by atoms with Gasteiger partial charge in [0.15, 0.2) is 5.96 Å². The molecule has 2 N–H and O–H groups in total. The first-order valence-corrected chi connectivity index (χ1v) is 7.08. The lowest BCUT2D eigenvalue weighted by Gasteiger charge is -2.11. The molecule has 0 radical (unpaired) electrons. The number of nitrogens with zero attached hydrogens (tertiary/aromatic N) is 1. The normalized spacial score (nSPS) is 12.6. The maximum Gasteiger partial charge on any atom is 0.191 e. The Labute approximate surface area is 119 Å². The lowest BCUT2D eigenvalue weighted by atomic mass is 10.1. The number of fused-ring (bicyclic) bond motifs is 1. The van der Waals surface area contributed by atoms with E-state index in [1.165, 1.54) is 5.56 Å². The van der Waals surface area contributed by atoms with E-state index in [1.54, 1.807) is 0 Å². The van der Waals surface area contributed by atoms with Gasteiger partial charge in [0.1, 0.15) is 5.75 Å². The molecule has 0 amide bonds. The predicted octanol–water partition coefficient (Wildman–Crippen LogP) is 2.35. The zero-order chi connectivity index (χ0) is 13.7. The van der Waals surface area contributed by atoms with E-state index in [2.05, 4.69) is 15.6 Å². The monoisotopic (exact) mass is 281 g/mol. The Balaban J connectivity index is 2.16. The highest BCUT2D eigenvalue weighted by atomic mass is 35.5. The summed E-state index contributed by atoms with van der Waals surface area (Å²) in [5, 5.41) is 7.16. The fraction of sp³-hybridized carbons (Fsp3) is 0.500. The molecule has 0 saturated heterocycles. The van der Waals surface area contributed by atoms with Crippen LogP contribution in [-0.4, -0.2) is 25.7 Å². The lowest BCUT2D eigenvalue weighted by Crippen LogP contribution is -2.36. The van der Waals surface area contributed by atoms with Gasteiger partial charge in [-0.3, -0.25) is 0 Å². The predicted molar refractivity (Wildman–Crippen MR) is 79.1 cm³/mol. The molecule has 19 heavy (non-hydrogen) atoms. The summed E-state index contributed by atoms with van der Waals surface area (Å²) in [6, 6.07) is 3.91. The van der Waals surface area contributed by atoms with Gasteiger partial charge in [-0.05, 0) is 31.5 Å². The van der Waals surface area contributed by atoms with Crippen LogP contribution in [0.2, 0.25) is 5.02 Å². The van der Waals surface area contributed by atoms with Crippen molar-refractivity contribution in [2.45, 2.75) is 26.8 Å². The summed E-state index contributed by atoms with van der Waals surface area (Å²) in [5.74, 6) is 1.78. The Morgan fingerprint density at radius 3 is 2.74 bits per heavy atom. The van der Waals surface area contributed by atoms with Gasteiger partial charge in [0.2, 0.25) is 0 Å². The van der Waals surface area contributed by atoms with Crippen LogP contribution >= 0.6 is 11.6 Å². The number of rotatable bonds is 4. The van der Waals surface area contributed by atoms with Gasteiger partial charge >= 0.3 is 0 Å². The second kappa shape index (κ2) is 6.66. The highest BCUT2D eigenvalue weighted by molar-refractivity contribution is 6.30. The first kappa shape index (κ1) is 14.0. The van der Waals surface area contributed by atoms with Crippen LogP contribution < -0.4 is 15.4 Å². The zero-order valence-electron chi connectivity index (χ0n) is 11.4. The average molecular weight is 282 g/mol. The second-order valence-corrected chi connectivity index (χ2v) is 4.81. The molecule has 0 bridgehead atoms. The molecule has 1 aliphatic rings. The summed E-state index contributed by atoms with van der Waals surface area (Å²) in [7, 11) is 0. The number of nitrogens with one attached hydrogen (secondary N) is 2. The molecule has 4 nitrogen and oxygen atoms in total. The molecule has 5 heteroatoms. The van der Waals surface area contributed by atoms with E-state index in [1.807, 2.05) is 26.0 Å². The van der Waals surface area contributed by atoms with Gasteiger partial charge in [-0.15, -0.1) is 0 Å². The molecule has 0 saturated carbocycles. The smallest absolute Gasteiger partial charge is 0.191 e. The van der Waals surface area contributed by atoms with Gasteiger partial charge in [-0.2, -0.15) is 0 Å². The van der Waals surface area contributed by atoms with Crippen LogP contribution in [0.3, 0.4) is 0 Å². The van der Waals surface area contributed by atoms with Crippen molar-refractivity contribution in [2.75, 3.05) is 19.7 Å². The molecular formula is C14H20ClN3O. The maximum atomic E-state index is 6.13. The summed E-state index contributed by atoms with van der Waals surface area (Å²) in [6.45, 7) is 7.09. The van der Waals surface area contributed by atoms with E-state index in [-0.39, 0.29) is 0 Å². The van der Waals surface area contributed by atoms with E-state index in [0.29, 0.717) is 6.54 Å². The number of guanidine groups is 1. The van der Waals surface area contributed by atoms with Crippen LogP contribution in [0, 0.1) is 0 Å². The average Bonchev–Trinajstić information content (AvgIpc) is 2.84. The fourth-order valence-corrected chi connectivity index (χ4v) is 2.40. The Kier molecular flexibility index (Phi) is 4.91. The van der Waals surface area contributed by atoms with Crippen molar-refractivity contribution in [3.8, 4) is 5.75 Å². The van der Waals surface area contributed by atoms with Gasteiger partial charge < -0.3 is 15.4 Å². The largest absolute Gasteiger partial charge is 0.493 e. The van der Waals surface area contributed by atoms with Crippen LogP contribution in [0.1, 0.15) is 25.0 Å². The Morgan fingerprint density at radius 2 is 2.05 bits per heavy atom. The fourth-order valence-electron chi connectivity index (χ4n) is 2.14. The third kappa shape index (κ3) is 3.53. The number of ether oxygens (including phenoxy) is 1. The molecule has 0 atom stereocenters. The van der Waals surface area contributed by atoms with E-state index in [4.69, 9.17) is 16.3 Å². The topological polar surface area (TPSA) is 45.7 Å². The zero-order valence-corrected chi connectivity index (χ0v) is 12.2. The van der Waals surface area contributed by atoms with Gasteiger partial charge in [0.05, 0.1) is 13.2 Å². The van der Waals surface area contributed by atoms with Crippen LogP contribution in [0.15, 0.2) is 17.1 Å². The van der Waals surface area contributed by atoms with Crippen LogP contribution in [0.5, 0.6) is 5.75 Å². The van der Waals surface area contributed by atoms with Gasteiger partial charge in [0, 0.05) is 30.1 Å². The summed E-state index contributed by atoms with van der Waals surface area (Å²) in [6.07, 6.45) is 0.930. The molecule has 1 heterocycles. The van der Waals surface area contributed by atoms with Crippen molar-refractivity contribution >= 4 is 17.6 Å². The molecule has 1 aromatic rings. The molecule has 1 aromatic carbocycles. The number of hydrogen-bond donors (Lipinski definition) is 2. The lowest BCUT2D eigenvalue weighted by molar-refractivity contribution is 0.353. The molecule has 0 aliphatic carbocycles. The van der Waals surface area contributed by atoms with E-state index in [9.17, 15) is 0 Å². The van der Waals surface area contributed by atoms with Crippen molar-refractivity contribution in [2.24, 2.45) is 4.99 Å². The minimum Gasteiger partial charge on any atom is -0.493 e. The van der Waals surface area contributed by atoms with Crippen LogP contribution in [0.25, 0.3) is 0 Å². The minimum atomic E-state index is 0.568. The van der Waals surface area contributed by atoms with E-state index in [0.717, 1.165) is 48.4 Å². The first-order valence-electron chi connectivity index (χ1n) is 6.70. The molecule has 0 spiro atoms. The number of benzene rings is 1. The SMILES string of the molecule is CCNC(=NCc1cc(Cl)cc2c1OCC2)NCC. The van der Waals surface area contributed by atoms with Crippen molar-refractivity contribution in [1.82, 2.24) is 10.6 Å². The van der Waals surface area contributed by atoms with Crippen LogP contribution in [-0.2, 0) is 13.0 Å². The highest BCUT2D eigenvalue weighted by Gasteiger charge is 2.17. The van der Waals surface area contributed by atoms with Crippen molar-refractivity contribution in [3.05, 3.63) is 28.3 Å². The van der Waals surface area contributed by atoms with E-state index < -0.39 is 0 Å². The molecule has 0 fully saturated rings. The standard InChI is InChI=1S/C14H20ClN3O/c1-3-16-14(17-4-2)18-9-11-8-12(15)7-10-5-6-19-13(10)11/h7-8H,3-6,9H2,1-2H3,(H2,16,17,18). The van der Waals surface area contributed by atoms with Gasteiger partial charge in [-0.25, -0.2) is 4.99 Å². The van der Waals surface area contributed by atoms with Gasteiger partial charge in [-0.1, -0.05) is 11.6 Å². The Morgan fingerprint density at radius 1 is 1.32 bits per heavy atom. The maximum absolute atomic E-state index is 6.13. The molecule has 0 unspecified atom stereocenters. The first-order chi connectivity index (χ1) is 9.24. The Bertz CT molecular complexity index is 466. The number of hydrogen-bond acceptors (Lipinski definition) is 2. The highest BCUT2D eigenvalue weighted by Crippen LogP contribution is 2.33. The molecular weight excluding hydrogens is 262 g/mol. The minimum absolute atomic E-state index is 0.568. The van der Waals surface area contributed by atoms with Crippen molar-refractivity contribution in [3.63, 3.8) is 0 Å². The molecule has 2 rings (SSSR count). The van der Waals surface area contributed by atoms with E-state index >= 15 is 0 Å². The molecule has 0 aromatic heterocycles.